The SMILES string of the molecule is O=C(O)N[CH]C(Cl)(Cl)Cl. The van der Waals surface area contributed by atoms with Crippen molar-refractivity contribution in [2.24, 2.45) is 0 Å². The monoisotopic (exact) mass is 190 g/mol. The quantitative estimate of drug-likeness (QED) is 0.621. The summed E-state index contributed by atoms with van der Waals surface area (Å²) in [7, 11) is 0. The Hall–Kier alpha value is 0.140. The first-order valence-corrected chi connectivity index (χ1v) is 2.96. The van der Waals surface area contributed by atoms with Crippen LogP contribution in [0.1, 0.15) is 0 Å². The number of carbonyl (C=O) groups is 1. The Balaban J connectivity index is 3.39. The van der Waals surface area contributed by atoms with Gasteiger partial charge in [0.1, 0.15) is 6.54 Å². The van der Waals surface area contributed by atoms with Gasteiger partial charge in [-0.2, -0.15) is 0 Å². The van der Waals surface area contributed by atoms with Crippen molar-refractivity contribution in [1.82, 2.24) is 5.32 Å². The van der Waals surface area contributed by atoms with Crippen molar-refractivity contribution in [3.05, 3.63) is 6.54 Å². The van der Waals surface area contributed by atoms with Gasteiger partial charge in [-0.05, 0) is 0 Å². The molecule has 0 aromatic rings. The maximum Gasteiger partial charge on any atom is 0.405 e. The van der Waals surface area contributed by atoms with Gasteiger partial charge in [-0.15, -0.1) is 0 Å². The molecular formula is C3H3Cl3NO2. The third-order valence-electron chi connectivity index (χ3n) is 0.359. The standard InChI is InChI=1S/C3H3Cl3NO2/c4-3(5,6)1-7-2(8)9/h1,7H,(H,8,9). The van der Waals surface area contributed by atoms with Gasteiger partial charge in [-0.1, -0.05) is 34.8 Å². The smallest absolute Gasteiger partial charge is 0.405 e. The Bertz CT molecular complexity index is 110. The molecule has 6 heteroatoms. The Morgan fingerprint density at radius 1 is 1.56 bits per heavy atom. The van der Waals surface area contributed by atoms with Gasteiger partial charge in [0, 0.05) is 0 Å². The minimum atomic E-state index is -1.67. The predicted octanol–water partition coefficient (Wildman–Crippen LogP) is 1.79. The van der Waals surface area contributed by atoms with E-state index in [4.69, 9.17) is 39.9 Å². The number of nitrogens with one attached hydrogen (secondary N) is 1. The van der Waals surface area contributed by atoms with Crippen LogP contribution in [0.2, 0.25) is 0 Å². The van der Waals surface area contributed by atoms with Gasteiger partial charge in [0.25, 0.3) is 0 Å². The molecule has 0 aliphatic heterocycles. The van der Waals surface area contributed by atoms with E-state index in [-0.39, 0.29) is 0 Å². The summed E-state index contributed by atoms with van der Waals surface area (Å²) in [5.41, 5.74) is 0. The summed E-state index contributed by atoms with van der Waals surface area (Å²) in [5.74, 6) is 0. The Morgan fingerprint density at radius 2 is 2.00 bits per heavy atom. The molecule has 0 atom stereocenters. The van der Waals surface area contributed by atoms with E-state index in [1.165, 1.54) is 0 Å². The molecule has 9 heavy (non-hydrogen) atoms. The van der Waals surface area contributed by atoms with E-state index in [9.17, 15) is 4.79 Å². The molecule has 0 unspecified atom stereocenters. The highest BCUT2D eigenvalue weighted by atomic mass is 35.6. The maximum absolute atomic E-state index is 9.73. The van der Waals surface area contributed by atoms with Crippen LogP contribution in [-0.2, 0) is 0 Å². The molecular weight excluding hydrogens is 188 g/mol. The van der Waals surface area contributed by atoms with Crippen molar-refractivity contribution in [3.8, 4) is 0 Å². The van der Waals surface area contributed by atoms with E-state index in [0.717, 1.165) is 6.54 Å². The highest BCUT2D eigenvalue weighted by molar-refractivity contribution is 6.68. The van der Waals surface area contributed by atoms with Gasteiger partial charge in [0.05, 0.1) is 0 Å². The molecule has 53 valence electrons. The third kappa shape index (κ3) is 8.14. The summed E-state index contributed by atoms with van der Waals surface area (Å²) < 4.78 is -1.67. The fourth-order valence-corrected chi connectivity index (χ4v) is 0.307. The molecule has 0 bridgehead atoms. The first kappa shape index (κ1) is 9.14. The van der Waals surface area contributed by atoms with E-state index in [1.807, 2.05) is 0 Å². The van der Waals surface area contributed by atoms with Crippen LogP contribution in [0.5, 0.6) is 0 Å². The molecule has 0 saturated heterocycles. The lowest BCUT2D eigenvalue weighted by Gasteiger charge is -2.07. The van der Waals surface area contributed by atoms with Crippen molar-refractivity contribution >= 4 is 40.9 Å². The van der Waals surface area contributed by atoms with Gasteiger partial charge in [-0.3, -0.25) is 0 Å². The van der Waals surface area contributed by atoms with Crippen LogP contribution < -0.4 is 5.32 Å². The van der Waals surface area contributed by atoms with Crippen LogP contribution in [0.15, 0.2) is 0 Å². The van der Waals surface area contributed by atoms with E-state index >= 15 is 0 Å². The van der Waals surface area contributed by atoms with Crippen LogP contribution in [0.4, 0.5) is 4.79 Å². The molecule has 1 radical (unpaired) electrons. The normalized spacial score (nSPS) is 11.0. The summed E-state index contributed by atoms with van der Waals surface area (Å²) >= 11 is 15.4. The molecule has 0 rings (SSSR count). The molecule has 1 amide bonds. The topological polar surface area (TPSA) is 49.3 Å². The van der Waals surface area contributed by atoms with Crippen molar-refractivity contribution in [3.63, 3.8) is 0 Å². The molecule has 2 N–H and O–H groups in total. The summed E-state index contributed by atoms with van der Waals surface area (Å²) in [6.45, 7) is 0.833. The molecule has 0 saturated carbocycles. The lowest BCUT2D eigenvalue weighted by Crippen LogP contribution is -2.24. The van der Waals surface area contributed by atoms with Gasteiger partial charge in [0.15, 0.2) is 0 Å². The van der Waals surface area contributed by atoms with E-state index in [0.29, 0.717) is 0 Å². The average Bonchev–Trinajstić information content (AvgIpc) is 1.59. The van der Waals surface area contributed by atoms with E-state index in [2.05, 4.69) is 0 Å². The van der Waals surface area contributed by atoms with Gasteiger partial charge >= 0.3 is 6.09 Å². The molecule has 0 spiro atoms. The Labute approximate surface area is 66.9 Å². The molecule has 0 heterocycles. The van der Waals surface area contributed by atoms with Crippen molar-refractivity contribution in [2.45, 2.75) is 3.79 Å². The molecule has 0 aliphatic rings. The van der Waals surface area contributed by atoms with Gasteiger partial charge in [-0.25, -0.2) is 4.79 Å². The summed E-state index contributed by atoms with van der Waals surface area (Å²) in [6.07, 6.45) is -1.26. The molecule has 0 aliphatic carbocycles. The first-order chi connectivity index (χ1) is 3.92. The Morgan fingerprint density at radius 3 is 2.11 bits per heavy atom. The molecule has 0 aromatic heterocycles. The highest BCUT2D eigenvalue weighted by Gasteiger charge is 2.20. The molecule has 0 aromatic carbocycles. The van der Waals surface area contributed by atoms with Crippen LogP contribution in [-0.4, -0.2) is 15.0 Å². The molecule has 0 fully saturated rings. The number of halogens is 3. The first-order valence-electron chi connectivity index (χ1n) is 1.82. The maximum atomic E-state index is 9.73. The number of alkyl halides is 3. The van der Waals surface area contributed by atoms with Gasteiger partial charge in [0.2, 0.25) is 3.79 Å². The Kier molecular flexibility index (Phi) is 3.40. The summed E-state index contributed by atoms with van der Waals surface area (Å²) in [6, 6.07) is 0. The van der Waals surface area contributed by atoms with Crippen LogP contribution in [0.25, 0.3) is 0 Å². The zero-order valence-electron chi connectivity index (χ0n) is 4.07. The van der Waals surface area contributed by atoms with Crippen molar-refractivity contribution < 1.29 is 9.90 Å². The second-order valence-corrected chi connectivity index (χ2v) is 3.50. The fourth-order valence-electron chi connectivity index (χ4n) is 0.144. The van der Waals surface area contributed by atoms with Crippen LogP contribution in [0.3, 0.4) is 0 Å². The van der Waals surface area contributed by atoms with Crippen molar-refractivity contribution in [2.75, 3.05) is 0 Å². The number of amides is 1. The van der Waals surface area contributed by atoms with Crippen LogP contribution >= 0.6 is 34.8 Å². The largest absolute Gasteiger partial charge is 0.465 e. The summed E-state index contributed by atoms with van der Waals surface area (Å²) in [5, 5.41) is 9.74. The fraction of sp³-hybridized carbons (Fsp3) is 0.333. The number of carboxylic acid groups (broad SMARTS) is 1. The third-order valence-corrected chi connectivity index (χ3v) is 0.687. The highest BCUT2D eigenvalue weighted by Crippen LogP contribution is 2.27. The lowest BCUT2D eigenvalue weighted by molar-refractivity contribution is 0.197. The molecule has 3 nitrogen and oxygen atoms in total. The lowest BCUT2D eigenvalue weighted by atomic mass is 10.7. The van der Waals surface area contributed by atoms with E-state index < -0.39 is 9.89 Å². The van der Waals surface area contributed by atoms with Gasteiger partial charge < -0.3 is 10.4 Å². The zero-order chi connectivity index (χ0) is 7.49. The number of rotatable bonds is 1. The number of hydrogen-bond donors (Lipinski definition) is 2. The second-order valence-electron chi connectivity index (χ2n) is 1.14. The van der Waals surface area contributed by atoms with Crippen LogP contribution in [0, 0.1) is 6.54 Å². The minimum absolute atomic E-state index is 0.833. The minimum Gasteiger partial charge on any atom is -0.465 e. The predicted molar refractivity (Wildman–Crippen MR) is 35.8 cm³/mol. The second kappa shape index (κ2) is 3.34. The zero-order valence-corrected chi connectivity index (χ0v) is 6.33. The average molecular weight is 191 g/mol. The van der Waals surface area contributed by atoms with E-state index in [1.54, 1.807) is 5.32 Å². The summed E-state index contributed by atoms with van der Waals surface area (Å²) in [4.78, 5) is 9.73. The number of hydrogen-bond acceptors (Lipinski definition) is 1. The van der Waals surface area contributed by atoms with Crippen molar-refractivity contribution in [1.29, 1.82) is 0 Å².